The third-order valence-corrected chi connectivity index (χ3v) is 8.50. The van der Waals surface area contributed by atoms with Gasteiger partial charge >= 0.3 is 12.1 Å². The second-order valence-electron chi connectivity index (χ2n) is 10.9. The molecule has 0 radical (unpaired) electrons. The highest BCUT2D eigenvalue weighted by Crippen LogP contribution is 2.44. The number of hydrogen-bond acceptors (Lipinski definition) is 5. The van der Waals surface area contributed by atoms with E-state index in [1.54, 1.807) is 6.92 Å². The molecule has 5 rings (SSSR count). The second kappa shape index (κ2) is 12.1. The summed E-state index contributed by atoms with van der Waals surface area (Å²) in [5, 5.41) is 12.6. The van der Waals surface area contributed by atoms with E-state index in [2.05, 4.69) is 17.4 Å². The summed E-state index contributed by atoms with van der Waals surface area (Å²) < 4.78 is 11.8. The molecule has 1 fully saturated rings. The topological polar surface area (TPSA) is 105 Å². The molecule has 1 saturated heterocycles. The summed E-state index contributed by atoms with van der Waals surface area (Å²) in [6, 6.07) is 24.7. The molecule has 3 atom stereocenters. The van der Waals surface area contributed by atoms with Gasteiger partial charge in [0.05, 0.1) is 18.1 Å². The van der Waals surface area contributed by atoms with Crippen molar-refractivity contribution < 1.29 is 29.0 Å². The Morgan fingerprint density at radius 1 is 0.976 bits per heavy atom. The molecule has 0 bridgehead atoms. The summed E-state index contributed by atoms with van der Waals surface area (Å²) in [5.41, 5.74) is 4.38. The molecule has 0 saturated carbocycles. The molecule has 8 nitrogen and oxygen atoms in total. The summed E-state index contributed by atoms with van der Waals surface area (Å²) >= 11 is 0. The number of hydrogen-bond donors (Lipinski definition) is 2. The smallest absolute Gasteiger partial charge is 0.407 e. The highest BCUT2D eigenvalue weighted by atomic mass is 16.5. The van der Waals surface area contributed by atoms with Gasteiger partial charge in [0.1, 0.15) is 12.6 Å². The molecule has 3 aromatic rings. The maximum absolute atomic E-state index is 13.7. The van der Waals surface area contributed by atoms with Crippen molar-refractivity contribution in [1.82, 2.24) is 10.2 Å². The zero-order valence-electron chi connectivity index (χ0n) is 23.4. The van der Waals surface area contributed by atoms with Crippen LogP contribution in [0.5, 0.6) is 0 Å². The largest absolute Gasteiger partial charge is 0.481 e. The number of fused-ring (bicyclic) bond motifs is 3. The van der Waals surface area contributed by atoms with Crippen molar-refractivity contribution in [1.29, 1.82) is 0 Å². The summed E-state index contributed by atoms with van der Waals surface area (Å²) in [5.74, 6) is -1.41. The zero-order chi connectivity index (χ0) is 29.0. The number of carboxylic acid groups (broad SMARTS) is 1. The fourth-order valence-corrected chi connectivity index (χ4v) is 5.92. The number of amides is 2. The first-order chi connectivity index (χ1) is 19.8. The quantitative estimate of drug-likeness (QED) is 0.355. The van der Waals surface area contributed by atoms with Gasteiger partial charge in [0.25, 0.3) is 0 Å². The molecule has 3 unspecified atom stereocenters. The van der Waals surface area contributed by atoms with Crippen molar-refractivity contribution in [2.45, 2.75) is 51.4 Å². The van der Waals surface area contributed by atoms with E-state index in [4.69, 9.17) is 9.47 Å². The van der Waals surface area contributed by atoms with Crippen LogP contribution in [0.15, 0.2) is 78.9 Å². The number of aliphatic carboxylic acids is 1. The maximum Gasteiger partial charge on any atom is 0.407 e. The number of rotatable bonds is 10. The number of alkyl carbamates (subject to hydrolysis) is 1. The van der Waals surface area contributed by atoms with E-state index in [-0.39, 0.29) is 31.6 Å². The van der Waals surface area contributed by atoms with Crippen LogP contribution in [0.4, 0.5) is 4.79 Å². The fraction of sp³-hybridized carbons (Fsp3) is 0.364. The highest BCUT2D eigenvalue weighted by Gasteiger charge is 2.46. The number of benzene rings is 3. The Kier molecular flexibility index (Phi) is 8.40. The van der Waals surface area contributed by atoms with Crippen molar-refractivity contribution in [3.63, 3.8) is 0 Å². The second-order valence-corrected chi connectivity index (χ2v) is 10.9. The minimum atomic E-state index is -1.05. The van der Waals surface area contributed by atoms with Crippen LogP contribution in [-0.4, -0.2) is 59.8 Å². The van der Waals surface area contributed by atoms with Crippen LogP contribution in [0.2, 0.25) is 0 Å². The van der Waals surface area contributed by atoms with Crippen LogP contribution in [0.3, 0.4) is 0 Å². The van der Waals surface area contributed by atoms with Crippen LogP contribution in [0.25, 0.3) is 11.1 Å². The molecule has 214 valence electrons. The molecule has 3 aromatic carbocycles. The van der Waals surface area contributed by atoms with Crippen LogP contribution in [-0.2, 0) is 25.7 Å². The van der Waals surface area contributed by atoms with Crippen molar-refractivity contribution in [2.24, 2.45) is 5.41 Å². The van der Waals surface area contributed by atoms with Gasteiger partial charge in [-0.1, -0.05) is 85.8 Å². The Morgan fingerprint density at radius 2 is 1.59 bits per heavy atom. The lowest BCUT2D eigenvalue weighted by atomic mass is 9.84. The van der Waals surface area contributed by atoms with Gasteiger partial charge in [0.2, 0.25) is 5.91 Å². The van der Waals surface area contributed by atoms with Crippen molar-refractivity contribution in [3.05, 3.63) is 95.6 Å². The molecule has 2 aliphatic rings. The van der Waals surface area contributed by atoms with E-state index in [1.165, 1.54) is 4.90 Å². The standard InChI is InChI=1S/C33H36N2O6/c1-3-33(31(37)38)17-18-35(21-33)30(36)29(22(2)40-19-23-11-5-4-6-12-23)34-32(39)41-20-28-26-15-9-7-13-24(26)25-14-8-10-16-27(25)28/h4-16,22,28-29H,3,17-21H2,1-2H3,(H,34,39)(H,37,38). The third kappa shape index (κ3) is 5.84. The van der Waals surface area contributed by atoms with Crippen LogP contribution < -0.4 is 5.32 Å². The minimum Gasteiger partial charge on any atom is -0.481 e. The van der Waals surface area contributed by atoms with E-state index in [9.17, 15) is 19.5 Å². The highest BCUT2D eigenvalue weighted by molar-refractivity contribution is 5.88. The van der Waals surface area contributed by atoms with Crippen LogP contribution >= 0.6 is 0 Å². The van der Waals surface area contributed by atoms with E-state index in [1.807, 2.05) is 73.7 Å². The van der Waals surface area contributed by atoms with Gasteiger partial charge in [-0.2, -0.15) is 0 Å². The lowest BCUT2D eigenvalue weighted by Gasteiger charge is -2.30. The lowest BCUT2D eigenvalue weighted by molar-refractivity contribution is -0.149. The predicted molar refractivity (Wildman–Crippen MR) is 154 cm³/mol. The monoisotopic (exact) mass is 556 g/mol. The Hall–Kier alpha value is -4.17. The number of ether oxygens (including phenoxy) is 2. The number of carboxylic acids is 1. The molecular weight excluding hydrogens is 520 g/mol. The van der Waals surface area contributed by atoms with E-state index in [0.29, 0.717) is 19.4 Å². The summed E-state index contributed by atoms with van der Waals surface area (Å²) in [4.78, 5) is 40.4. The number of nitrogens with one attached hydrogen (secondary N) is 1. The van der Waals surface area contributed by atoms with Crippen LogP contribution in [0.1, 0.15) is 49.3 Å². The molecule has 1 aliphatic heterocycles. The SMILES string of the molecule is CCC1(C(=O)O)CCN(C(=O)C(NC(=O)OCC2c3ccccc3-c3ccccc32)C(C)OCc2ccccc2)C1. The molecule has 2 amide bonds. The zero-order valence-corrected chi connectivity index (χ0v) is 23.4. The molecule has 1 heterocycles. The molecule has 2 N–H and O–H groups in total. The van der Waals surface area contributed by atoms with Gasteiger partial charge in [0.15, 0.2) is 0 Å². The predicted octanol–water partition coefficient (Wildman–Crippen LogP) is 5.21. The molecular formula is C33H36N2O6. The number of carbonyl (C=O) groups excluding carboxylic acids is 2. The summed E-state index contributed by atoms with van der Waals surface area (Å²) in [6.45, 7) is 4.31. The minimum absolute atomic E-state index is 0.0892. The van der Waals surface area contributed by atoms with E-state index < -0.39 is 29.6 Å². The Bertz CT molecular complexity index is 1360. The van der Waals surface area contributed by atoms with Crippen molar-refractivity contribution >= 4 is 18.0 Å². The summed E-state index contributed by atoms with van der Waals surface area (Å²) in [6.07, 6.45) is -0.637. The van der Waals surface area contributed by atoms with Gasteiger partial charge in [-0.25, -0.2) is 4.79 Å². The van der Waals surface area contributed by atoms with E-state index >= 15 is 0 Å². The average Bonchev–Trinajstić information content (AvgIpc) is 3.59. The van der Waals surface area contributed by atoms with Gasteiger partial charge < -0.3 is 24.8 Å². The Labute approximate surface area is 240 Å². The maximum atomic E-state index is 13.7. The molecule has 0 spiro atoms. The average molecular weight is 557 g/mol. The molecule has 0 aromatic heterocycles. The number of nitrogens with zero attached hydrogens (tertiary/aromatic N) is 1. The van der Waals surface area contributed by atoms with Gasteiger partial charge in [-0.05, 0) is 47.6 Å². The summed E-state index contributed by atoms with van der Waals surface area (Å²) in [7, 11) is 0. The number of likely N-dealkylation sites (tertiary alicyclic amines) is 1. The Balaban J connectivity index is 1.29. The molecule has 1 aliphatic carbocycles. The van der Waals surface area contributed by atoms with Crippen LogP contribution in [0, 0.1) is 5.41 Å². The normalized spacial score (nSPS) is 19.2. The number of carbonyl (C=O) groups is 3. The van der Waals surface area contributed by atoms with Gasteiger partial charge in [0, 0.05) is 19.0 Å². The van der Waals surface area contributed by atoms with Gasteiger partial charge in [-0.15, -0.1) is 0 Å². The van der Waals surface area contributed by atoms with Gasteiger partial charge in [-0.3, -0.25) is 9.59 Å². The molecule has 41 heavy (non-hydrogen) atoms. The first-order valence-corrected chi connectivity index (χ1v) is 14.1. The van der Waals surface area contributed by atoms with Crippen molar-refractivity contribution in [2.75, 3.05) is 19.7 Å². The van der Waals surface area contributed by atoms with Crippen molar-refractivity contribution in [3.8, 4) is 11.1 Å². The third-order valence-electron chi connectivity index (χ3n) is 8.50. The Morgan fingerprint density at radius 3 is 2.17 bits per heavy atom. The molecule has 8 heteroatoms. The first kappa shape index (κ1) is 28.4. The fourth-order valence-electron chi connectivity index (χ4n) is 5.92. The van der Waals surface area contributed by atoms with E-state index in [0.717, 1.165) is 27.8 Å². The first-order valence-electron chi connectivity index (χ1n) is 14.1. The lowest BCUT2D eigenvalue weighted by Crippen LogP contribution is -2.54.